The Morgan fingerprint density at radius 3 is 2.45 bits per heavy atom. The van der Waals surface area contributed by atoms with Crippen molar-refractivity contribution in [1.29, 1.82) is 0 Å². The molecule has 2 amide bonds. The van der Waals surface area contributed by atoms with Gasteiger partial charge in [0.1, 0.15) is 5.56 Å². The van der Waals surface area contributed by atoms with Crippen LogP contribution in [0.25, 0.3) is 0 Å². The number of rotatable bonds is 6. The molecule has 0 fully saturated rings. The maximum atomic E-state index is 13.0. The summed E-state index contributed by atoms with van der Waals surface area (Å²) in [5.74, 6) is -0.161. The molecule has 0 bridgehead atoms. The van der Waals surface area contributed by atoms with Crippen LogP contribution in [0.3, 0.4) is 0 Å². The van der Waals surface area contributed by atoms with Gasteiger partial charge in [-0.25, -0.2) is 0 Å². The first kappa shape index (κ1) is 20.1. The van der Waals surface area contributed by atoms with E-state index in [1.54, 1.807) is 42.4 Å². The van der Waals surface area contributed by atoms with Gasteiger partial charge in [-0.1, -0.05) is 18.2 Å². The van der Waals surface area contributed by atoms with E-state index in [0.717, 1.165) is 11.3 Å². The van der Waals surface area contributed by atoms with Crippen LogP contribution in [0.1, 0.15) is 33.2 Å². The van der Waals surface area contributed by atoms with E-state index >= 15 is 0 Å². The first-order valence-corrected chi connectivity index (χ1v) is 9.31. The largest absolute Gasteiger partial charge is 0.479 e. The highest BCUT2D eigenvalue weighted by atomic mass is 16.5. The van der Waals surface area contributed by atoms with Crippen LogP contribution in [0, 0.1) is 6.92 Å². The Labute approximate surface area is 169 Å². The summed E-state index contributed by atoms with van der Waals surface area (Å²) in [6, 6.07) is 14.6. The van der Waals surface area contributed by atoms with Crippen molar-refractivity contribution in [3.63, 3.8) is 0 Å². The Morgan fingerprint density at radius 1 is 1.14 bits per heavy atom. The van der Waals surface area contributed by atoms with E-state index < -0.39 is 0 Å². The summed E-state index contributed by atoms with van der Waals surface area (Å²) in [7, 11) is 3.18. The fourth-order valence-electron chi connectivity index (χ4n) is 3.11. The molecule has 0 radical (unpaired) electrons. The predicted octanol–water partition coefficient (Wildman–Crippen LogP) is 3.66. The van der Waals surface area contributed by atoms with E-state index in [1.807, 2.05) is 38.1 Å². The minimum Gasteiger partial charge on any atom is -0.479 e. The molecule has 0 spiro atoms. The van der Waals surface area contributed by atoms with Gasteiger partial charge >= 0.3 is 0 Å². The second-order valence-electron chi connectivity index (χ2n) is 6.59. The Bertz CT molecular complexity index is 1020. The van der Waals surface area contributed by atoms with E-state index in [9.17, 15) is 9.59 Å². The van der Waals surface area contributed by atoms with Crippen molar-refractivity contribution in [3.05, 3.63) is 71.4 Å². The number of hydrogen-bond acceptors (Lipinski definition) is 4. The molecule has 1 aromatic heterocycles. The standard InChI is InChI=1S/C22H24N4O3/c1-5-26(19-9-7-6-8-15(19)2)22(28)16-10-12-17(13-11-16)23-20(27)18-14-25(3)24-21(18)29-4/h6-14H,5H2,1-4H3,(H,23,27). The number of nitrogens with one attached hydrogen (secondary N) is 1. The van der Waals surface area contributed by atoms with Crippen molar-refractivity contribution in [2.75, 3.05) is 23.9 Å². The summed E-state index contributed by atoms with van der Waals surface area (Å²) in [6.07, 6.45) is 1.59. The van der Waals surface area contributed by atoms with Gasteiger partial charge in [0, 0.05) is 36.7 Å². The van der Waals surface area contributed by atoms with Crippen molar-refractivity contribution in [3.8, 4) is 5.88 Å². The van der Waals surface area contributed by atoms with Crippen molar-refractivity contribution >= 4 is 23.2 Å². The molecule has 2 aromatic carbocycles. The van der Waals surface area contributed by atoms with E-state index in [0.29, 0.717) is 23.4 Å². The maximum absolute atomic E-state index is 13.0. The monoisotopic (exact) mass is 392 g/mol. The summed E-state index contributed by atoms with van der Waals surface area (Å²) in [6.45, 7) is 4.49. The number of hydrogen-bond donors (Lipinski definition) is 1. The highest BCUT2D eigenvalue weighted by Gasteiger charge is 2.19. The molecule has 3 rings (SSSR count). The molecule has 3 aromatic rings. The van der Waals surface area contributed by atoms with Crippen LogP contribution < -0.4 is 15.0 Å². The smallest absolute Gasteiger partial charge is 0.262 e. The third-order valence-electron chi connectivity index (χ3n) is 4.59. The van der Waals surface area contributed by atoms with Crippen LogP contribution in [-0.2, 0) is 7.05 Å². The number of anilines is 2. The van der Waals surface area contributed by atoms with Crippen molar-refractivity contribution in [2.45, 2.75) is 13.8 Å². The van der Waals surface area contributed by atoms with E-state index in [2.05, 4.69) is 10.4 Å². The van der Waals surface area contributed by atoms with Crippen molar-refractivity contribution in [2.24, 2.45) is 7.05 Å². The number of aryl methyl sites for hydroxylation is 2. The number of amides is 2. The molecule has 1 N–H and O–H groups in total. The molecule has 0 aliphatic rings. The van der Waals surface area contributed by atoms with Gasteiger partial charge in [0.25, 0.3) is 11.8 Å². The van der Waals surface area contributed by atoms with E-state index in [-0.39, 0.29) is 17.7 Å². The zero-order chi connectivity index (χ0) is 21.0. The molecule has 7 heteroatoms. The molecule has 150 valence electrons. The maximum Gasteiger partial charge on any atom is 0.262 e. The quantitative estimate of drug-likeness (QED) is 0.695. The van der Waals surface area contributed by atoms with Gasteiger partial charge < -0.3 is 15.0 Å². The fourth-order valence-corrected chi connectivity index (χ4v) is 3.11. The highest BCUT2D eigenvalue weighted by molar-refractivity contribution is 6.08. The summed E-state index contributed by atoms with van der Waals surface area (Å²) < 4.78 is 6.64. The number of para-hydroxylation sites is 1. The third-order valence-corrected chi connectivity index (χ3v) is 4.59. The molecule has 0 atom stereocenters. The minimum atomic E-state index is -0.330. The van der Waals surface area contributed by atoms with Crippen LogP contribution in [0.4, 0.5) is 11.4 Å². The Balaban J connectivity index is 1.76. The molecule has 1 heterocycles. The van der Waals surface area contributed by atoms with Crippen molar-refractivity contribution in [1.82, 2.24) is 9.78 Å². The predicted molar refractivity (Wildman–Crippen MR) is 113 cm³/mol. The molecule has 7 nitrogen and oxygen atoms in total. The lowest BCUT2D eigenvalue weighted by Crippen LogP contribution is -2.31. The molecule has 0 unspecified atom stereocenters. The van der Waals surface area contributed by atoms with E-state index in [1.165, 1.54) is 11.8 Å². The zero-order valence-corrected chi connectivity index (χ0v) is 17.0. The van der Waals surface area contributed by atoms with Gasteiger partial charge in [0.05, 0.1) is 7.11 Å². The molecular formula is C22H24N4O3. The number of ether oxygens (including phenoxy) is 1. The SMILES string of the molecule is CCN(C(=O)c1ccc(NC(=O)c2cn(C)nc2OC)cc1)c1ccccc1C. The van der Waals surface area contributed by atoms with Crippen molar-refractivity contribution < 1.29 is 14.3 Å². The first-order valence-electron chi connectivity index (χ1n) is 9.31. The number of aromatic nitrogens is 2. The highest BCUT2D eigenvalue weighted by Crippen LogP contribution is 2.22. The van der Waals surface area contributed by atoms with Gasteiger partial charge in [-0.3, -0.25) is 14.3 Å². The zero-order valence-electron chi connectivity index (χ0n) is 17.0. The Morgan fingerprint density at radius 2 is 1.83 bits per heavy atom. The molecular weight excluding hydrogens is 368 g/mol. The second-order valence-corrected chi connectivity index (χ2v) is 6.59. The number of carbonyl (C=O) groups is 2. The third kappa shape index (κ3) is 4.29. The summed E-state index contributed by atoms with van der Waals surface area (Å²) in [5.41, 5.74) is 3.40. The molecule has 29 heavy (non-hydrogen) atoms. The lowest BCUT2D eigenvalue weighted by molar-refractivity contribution is 0.0986. The molecule has 0 saturated heterocycles. The normalized spacial score (nSPS) is 10.5. The van der Waals surface area contributed by atoms with Crippen LogP contribution in [0.15, 0.2) is 54.7 Å². The number of carbonyl (C=O) groups excluding carboxylic acids is 2. The van der Waals surface area contributed by atoms with Gasteiger partial charge in [0.15, 0.2) is 0 Å². The topological polar surface area (TPSA) is 76.5 Å². The lowest BCUT2D eigenvalue weighted by atomic mass is 10.1. The van der Waals surface area contributed by atoms with Gasteiger partial charge in [-0.05, 0) is 49.7 Å². The molecule has 0 aliphatic heterocycles. The lowest BCUT2D eigenvalue weighted by Gasteiger charge is -2.23. The average molecular weight is 392 g/mol. The average Bonchev–Trinajstić information content (AvgIpc) is 3.11. The van der Waals surface area contributed by atoms with Crippen LogP contribution in [0.2, 0.25) is 0 Å². The Hall–Kier alpha value is -3.61. The van der Waals surface area contributed by atoms with Gasteiger partial charge in [0.2, 0.25) is 5.88 Å². The second kappa shape index (κ2) is 8.60. The summed E-state index contributed by atoms with van der Waals surface area (Å²) in [5, 5.41) is 6.88. The molecule has 0 saturated carbocycles. The van der Waals surface area contributed by atoms with E-state index in [4.69, 9.17) is 4.74 Å². The number of nitrogens with zero attached hydrogens (tertiary/aromatic N) is 3. The Kier molecular flexibility index (Phi) is 5.97. The summed E-state index contributed by atoms with van der Waals surface area (Å²) in [4.78, 5) is 27.2. The number of methoxy groups -OCH3 is 1. The summed E-state index contributed by atoms with van der Waals surface area (Å²) >= 11 is 0. The first-order chi connectivity index (χ1) is 13.9. The van der Waals surface area contributed by atoms with Gasteiger partial charge in [-0.15, -0.1) is 5.10 Å². The van der Waals surface area contributed by atoms with Crippen LogP contribution >= 0.6 is 0 Å². The number of benzene rings is 2. The minimum absolute atomic E-state index is 0.0893. The fraction of sp³-hybridized carbons (Fsp3) is 0.227. The molecule has 0 aliphatic carbocycles. The van der Waals surface area contributed by atoms with Crippen LogP contribution in [0.5, 0.6) is 5.88 Å². The van der Waals surface area contributed by atoms with Gasteiger partial charge in [-0.2, -0.15) is 0 Å². The van der Waals surface area contributed by atoms with Crippen LogP contribution in [-0.4, -0.2) is 35.2 Å².